The molecule has 2 N–H and O–H groups in total. The van der Waals surface area contributed by atoms with Crippen LogP contribution >= 0.6 is 0 Å². The van der Waals surface area contributed by atoms with Crippen LogP contribution < -0.4 is 19.5 Å². The number of aliphatic hydroxyl groups excluding tert-OH is 1. The summed E-state index contributed by atoms with van der Waals surface area (Å²) in [5, 5.41) is 13.1. The van der Waals surface area contributed by atoms with Gasteiger partial charge in [-0.3, -0.25) is 0 Å². The lowest BCUT2D eigenvalue weighted by Crippen LogP contribution is -2.28. The van der Waals surface area contributed by atoms with Gasteiger partial charge in [-0.2, -0.15) is 0 Å². The highest BCUT2D eigenvalue weighted by Gasteiger charge is 2.29. The third-order valence-electron chi connectivity index (χ3n) is 3.64. The van der Waals surface area contributed by atoms with Gasteiger partial charge >= 0.3 is 0 Å². The summed E-state index contributed by atoms with van der Waals surface area (Å²) in [6.07, 6.45) is 2.01. The van der Waals surface area contributed by atoms with E-state index in [1.54, 1.807) is 21.3 Å². The van der Waals surface area contributed by atoms with Gasteiger partial charge in [0.2, 0.25) is 0 Å². The van der Waals surface area contributed by atoms with E-state index >= 15 is 0 Å². The average Bonchev–Trinajstić information content (AvgIpc) is 3.31. The molecule has 1 aromatic carbocycles. The van der Waals surface area contributed by atoms with Crippen LogP contribution in [0.25, 0.3) is 0 Å². The Morgan fingerprint density at radius 3 is 2.20 bits per heavy atom. The molecule has 0 spiro atoms. The highest BCUT2D eigenvalue weighted by atomic mass is 16.5. The fourth-order valence-corrected chi connectivity index (χ4v) is 2.24. The maximum atomic E-state index is 9.86. The number of rotatable bonds is 8. The minimum absolute atomic E-state index is 0.259. The second kappa shape index (κ2) is 6.81. The van der Waals surface area contributed by atoms with E-state index < -0.39 is 0 Å². The molecule has 1 atom stereocenters. The molecule has 0 aromatic heterocycles. The number of aliphatic hydroxyl groups is 1. The standard InChI is InChI=1S/C15H23NO4/c1-18-11-6-14(19-2)12(15(7-11)20-3)8-16-9-13(17)10-4-5-10/h6-7,10,13,16-17H,4-5,8-9H2,1-3H3. The first-order valence-corrected chi connectivity index (χ1v) is 6.87. The van der Waals surface area contributed by atoms with E-state index in [0.717, 1.165) is 29.9 Å². The molecule has 5 nitrogen and oxygen atoms in total. The van der Waals surface area contributed by atoms with E-state index in [9.17, 15) is 5.11 Å². The van der Waals surface area contributed by atoms with Crippen molar-refractivity contribution < 1.29 is 19.3 Å². The van der Waals surface area contributed by atoms with Crippen molar-refractivity contribution in [1.82, 2.24) is 5.32 Å². The summed E-state index contributed by atoms with van der Waals surface area (Å²) in [5.41, 5.74) is 0.929. The Morgan fingerprint density at radius 1 is 1.15 bits per heavy atom. The Labute approximate surface area is 119 Å². The lowest BCUT2D eigenvalue weighted by molar-refractivity contribution is 0.148. The van der Waals surface area contributed by atoms with E-state index in [0.29, 0.717) is 24.8 Å². The van der Waals surface area contributed by atoms with Crippen LogP contribution in [-0.2, 0) is 6.54 Å². The van der Waals surface area contributed by atoms with Gasteiger partial charge in [-0.15, -0.1) is 0 Å². The van der Waals surface area contributed by atoms with Gasteiger partial charge in [-0.1, -0.05) is 0 Å². The molecule has 1 aromatic rings. The number of ether oxygens (including phenoxy) is 3. The minimum Gasteiger partial charge on any atom is -0.496 e. The fraction of sp³-hybridized carbons (Fsp3) is 0.600. The van der Waals surface area contributed by atoms with Crippen molar-refractivity contribution in [2.75, 3.05) is 27.9 Å². The second-order valence-electron chi connectivity index (χ2n) is 5.05. The first-order chi connectivity index (χ1) is 9.69. The smallest absolute Gasteiger partial charge is 0.130 e. The predicted octanol–water partition coefficient (Wildman–Crippen LogP) is 1.57. The predicted molar refractivity (Wildman–Crippen MR) is 76.5 cm³/mol. The van der Waals surface area contributed by atoms with Gasteiger partial charge in [0.05, 0.1) is 33.0 Å². The van der Waals surface area contributed by atoms with Crippen molar-refractivity contribution >= 4 is 0 Å². The van der Waals surface area contributed by atoms with E-state index in [4.69, 9.17) is 14.2 Å². The van der Waals surface area contributed by atoms with Gasteiger partial charge in [0.1, 0.15) is 17.2 Å². The minimum atomic E-state index is -0.259. The monoisotopic (exact) mass is 281 g/mol. The molecule has 0 bridgehead atoms. The average molecular weight is 281 g/mol. The van der Waals surface area contributed by atoms with E-state index in [-0.39, 0.29) is 6.10 Å². The Balaban J connectivity index is 2.04. The maximum absolute atomic E-state index is 9.86. The zero-order valence-corrected chi connectivity index (χ0v) is 12.3. The van der Waals surface area contributed by atoms with Crippen molar-refractivity contribution in [3.8, 4) is 17.2 Å². The number of nitrogens with one attached hydrogen (secondary N) is 1. The third-order valence-corrected chi connectivity index (χ3v) is 3.64. The first kappa shape index (κ1) is 14.9. The molecule has 20 heavy (non-hydrogen) atoms. The molecule has 0 saturated heterocycles. The maximum Gasteiger partial charge on any atom is 0.130 e. The number of hydrogen-bond donors (Lipinski definition) is 2. The zero-order chi connectivity index (χ0) is 14.5. The summed E-state index contributed by atoms with van der Waals surface area (Å²) in [6, 6.07) is 3.66. The molecule has 112 valence electrons. The molecular weight excluding hydrogens is 258 g/mol. The molecule has 1 saturated carbocycles. The summed E-state index contributed by atoms with van der Waals surface area (Å²) in [5.74, 6) is 2.60. The van der Waals surface area contributed by atoms with Crippen molar-refractivity contribution in [2.45, 2.75) is 25.5 Å². The van der Waals surface area contributed by atoms with Crippen LogP contribution in [0.2, 0.25) is 0 Å². The van der Waals surface area contributed by atoms with E-state index in [1.165, 1.54) is 0 Å². The van der Waals surface area contributed by atoms with E-state index in [2.05, 4.69) is 5.32 Å². The van der Waals surface area contributed by atoms with Crippen LogP contribution in [-0.4, -0.2) is 39.1 Å². The van der Waals surface area contributed by atoms with Crippen molar-refractivity contribution in [3.05, 3.63) is 17.7 Å². The van der Waals surface area contributed by atoms with Crippen LogP contribution in [0.15, 0.2) is 12.1 Å². The molecule has 0 radical (unpaired) electrons. The third kappa shape index (κ3) is 3.55. The topological polar surface area (TPSA) is 60.0 Å². The second-order valence-corrected chi connectivity index (χ2v) is 5.05. The van der Waals surface area contributed by atoms with E-state index in [1.807, 2.05) is 12.1 Å². The quantitative estimate of drug-likeness (QED) is 0.757. The Morgan fingerprint density at radius 2 is 1.75 bits per heavy atom. The molecule has 0 heterocycles. The summed E-state index contributed by atoms with van der Waals surface area (Å²) >= 11 is 0. The summed E-state index contributed by atoms with van der Waals surface area (Å²) in [4.78, 5) is 0. The summed E-state index contributed by atoms with van der Waals surface area (Å²) in [6.45, 7) is 1.17. The van der Waals surface area contributed by atoms with Crippen LogP contribution in [0, 0.1) is 5.92 Å². The number of methoxy groups -OCH3 is 3. The molecule has 1 aliphatic rings. The van der Waals surface area contributed by atoms with Crippen LogP contribution in [0.1, 0.15) is 18.4 Å². The Kier molecular flexibility index (Phi) is 5.09. The van der Waals surface area contributed by atoms with Crippen molar-refractivity contribution in [2.24, 2.45) is 5.92 Å². The largest absolute Gasteiger partial charge is 0.496 e. The molecule has 1 fully saturated rings. The molecule has 0 amide bonds. The van der Waals surface area contributed by atoms with Crippen molar-refractivity contribution in [1.29, 1.82) is 0 Å². The molecule has 1 unspecified atom stereocenters. The zero-order valence-electron chi connectivity index (χ0n) is 12.3. The lowest BCUT2D eigenvalue weighted by atomic mass is 10.1. The van der Waals surface area contributed by atoms with Gasteiger partial charge in [0, 0.05) is 25.2 Å². The Bertz CT molecular complexity index is 420. The molecule has 0 aliphatic heterocycles. The van der Waals surface area contributed by atoms with Crippen LogP contribution in [0.3, 0.4) is 0 Å². The van der Waals surface area contributed by atoms with Gasteiger partial charge in [0.25, 0.3) is 0 Å². The van der Waals surface area contributed by atoms with Gasteiger partial charge in [-0.25, -0.2) is 0 Å². The normalized spacial score (nSPS) is 15.8. The SMILES string of the molecule is COc1cc(OC)c(CNCC(O)C2CC2)c(OC)c1. The summed E-state index contributed by atoms with van der Waals surface area (Å²) < 4.78 is 16.0. The van der Waals surface area contributed by atoms with Crippen molar-refractivity contribution in [3.63, 3.8) is 0 Å². The van der Waals surface area contributed by atoms with Gasteiger partial charge < -0.3 is 24.6 Å². The first-order valence-electron chi connectivity index (χ1n) is 6.87. The fourth-order valence-electron chi connectivity index (χ4n) is 2.24. The summed E-state index contributed by atoms with van der Waals surface area (Å²) in [7, 11) is 4.85. The Hall–Kier alpha value is -1.46. The number of hydrogen-bond acceptors (Lipinski definition) is 5. The molecule has 2 rings (SSSR count). The lowest BCUT2D eigenvalue weighted by Gasteiger charge is -2.16. The molecule has 5 heteroatoms. The van der Waals surface area contributed by atoms with Gasteiger partial charge in [0.15, 0.2) is 0 Å². The van der Waals surface area contributed by atoms with Gasteiger partial charge in [-0.05, 0) is 18.8 Å². The molecular formula is C15H23NO4. The van der Waals surface area contributed by atoms with Crippen LogP contribution in [0.5, 0.6) is 17.2 Å². The number of benzene rings is 1. The molecule has 1 aliphatic carbocycles. The van der Waals surface area contributed by atoms with Crippen LogP contribution in [0.4, 0.5) is 0 Å². The highest BCUT2D eigenvalue weighted by molar-refractivity contribution is 5.50. The highest BCUT2D eigenvalue weighted by Crippen LogP contribution is 2.34.